The standard InChI is InChI=1S/C39H53F2N3O7S.ClH/c1-7-11-32(12-8-2)52(48,49)24-34(44-38(46)29-15-25(4)37(51-6)36(20-29)50-5)39(47)43-33(19-28-17-30(40)21-31(41)18-28)35(45)23-42-22-27-14-10-13-26(9-3)16-27;/h10,13-18,20-21,32-35,42,45H,7-9,11-12,19,22-24H2,1-6H3,(H,43,47)(H,44,46);1H/t33-,34?,35+;/m0./s1. The van der Waals surface area contributed by atoms with Gasteiger partial charge in [-0.2, -0.15) is 0 Å². The number of aliphatic hydroxyl groups excluding tert-OH is 1. The van der Waals surface area contributed by atoms with Gasteiger partial charge in [0, 0.05) is 24.7 Å². The van der Waals surface area contributed by atoms with Gasteiger partial charge in [-0.15, -0.1) is 12.4 Å². The van der Waals surface area contributed by atoms with Crippen LogP contribution in [0.15, 0.2) is 54.6 Å². The van der Waals surface area contributed by atoms with Crippen molar-refractivity contribution in [1.82, 2.24) is 16.0 Å². The Hall–Kier alpha value is -3.78. The SMILES string of the molecule is CCCC(CCC)S(=O)(=O)CC(NC(=O)c1cc(C)c(OC)c(OC)c1)C(=O)N[C@@H](Cc1cc(F)cc(F)c1)[C@H](O)CNCc1cccc(CC)c1.Cl. The van der Waals surface area contributed by atoms with E-state index >= 15 is 0 Å². The summed E-state index contributed by atoms with van der Waals surface area (Å²) < 4.78 is 66.7. The third kappa shape index (κ3) is 13.5. The summed E-state index contributed by atoms with van der Waals surface area (Å²) in [4.78, 5) is 27.8. The van der Waals surface area contributed by atoms with Crippen molar-refractivity contribution in [3.05, 3.63) is 94.0 Å². The highest BCUT2D eigenvalue weighted by molar-refractivity contribution is 7.92. The topological polar surface area (TPSA) is 143 Å². The van der Waals surface area contributed by atoms with Crippen molar-refractivity contribution in [3.8, 4) is 11.5 Å². The van der Waals surface area contributed by atoms with Gasteiger partial charge in [0.1, 0.15) is 17.7 Å². The first-order chi connectivity index (χ1) is 24.7. The molecular formula is C39H54ClF2N3O7S. The summed E-state index contributed by atoms with van der Waals surface area (Å²) in [6.07, 6.45) is 1.35. The number of carbonyl (C=O) groups excluding carboxylic acids is 2. The number of sulfone groups is 1. The molecule has 4 N–H and O–H groups in total. The first-order valence-electron chi connectivity index (χ1n) is 17.7. The summed E-state index contributed by atoms with van der Waals surface area (Å²) in [6.45, 7) is 7.89. The summed E-state index contributed by atoms with van der Waals surface area (Å²) >= 11 is 0. The molecule has 294 valence electrons. The van der Waals surface area contributed by atoms with Gasteiger partial charge < -0.3 is 30.5 Å². The second-order valence-corrected chi connectivity index (χ2v) is 15.4. The quantitative estimate of drug-likeness (QED) is 0.109. The molecule has 0 heterocycles. The minimum atomic E-state index is -3.92. The average molecular weight is 782 g/mol. The molecule has 3 aromatic rings. The fraction of sp³-hybridized carbons (Fsp3) is 0.487. The normalized spacial score (nSPS) is 13.1. The van der Waals surface area contributed by atoms with Gasteiger partial charge in [0.05, 0.1) is 37.4 Å². The second-order valence-electron chi connectivity index (χ2n) is 13.1. The zero-order valence-electron chi connectivity index (χ0n) is 31.3. The van der Waals surface area contributed by atoms with Crippen LogP contribution in [0.4, 0.5) is 8.78 Å². The van der Waals surface area contributed by atoms with E-state index in [1.807, 2.05) is 45.0 Å². The van der Waals surface area contributed by atoms with Crippen LogP contribution < -0.4 is 25.4 Å². The second kappa shape index (κ2) is 21.8. The third-order valence-corrected chi connectivity index (χ3v) is 11.2. The average Bonchev–Trinajstić information content (AvgIpc) is 3.10. The van der Waals surface area contributed by atoms with Gasteiger partial charge in [0.15, 0.2) is 21.3 Å². The van der Waals surface area contributed by atoms with E-state index in [1.165, 1.54) is 26.4 Å². The molecule has 0 fully saturated rings. The van der Waals surface area contributed by atoms with Crippen molar-refractivity contribution in [3.63, 3.8) is 0 Å². The van der Waals surface area contributed by atoms with Gasteiger partial charge in [-0.1, -0.05) is 57.9 Å². The Labute approximate surface area is 318 Å². The van der Waals surface area contributed by atoms with Crippen LogP contribution in [-0.2, 0) is 34.0 Å². The lowest BCUT2D eigenvalue weighted by molar-refractivity contribution is -0.124. The van der Waals surface area contributed by atoms with Gasteiger partial charge in [-0.3, -0.25) is 9.59 Å². The van der Waals surface area contributed by atoms with Crippen LogP contribution in [0.1, 0.15) is 79.1 Å². The van der Waals surface area contributed by atoms with Crippen LogP contribution >= 0.6 is 12.4 Å². The van der Waals surface area contributed by atoms with Gasteiger partial charge in [-0.25, -0.2) is 17.2 Å². The van der Waals surface area contributed by atoms with Crippen molar-refractivity contribution in [1.29, 1.82) is 0 Å². The Morgan fingerprint density at radius 3 is 2.09 bits per heavy atom. The summed E-state index contributed by atoms with van der Waals surface area (Å²) in [6, 6.07) is 11.1. The number of rotatable bonds is 21. The molecule has 3 rings (SSSR count). The zero-order chi connectivity index (χ0) is 38.4. The predicted octanol–water partition coefficient (Wildman–Crippen LogP) is 5.63. The van der Waals surface area contributed by atoms with Crippen molar-refractivity contribution >= 4 is 34.1 Å². The van der Waals surface area contributed by atoms with Gasteiger partial charge in [0.25, 0.3) is 5.91 Å². The molecular weight excluding hydrogens is 728 g/mol. The fourth-order valence-corrected chi connectivity index (χ4v) is 8.40. The molecule has 0 radical (unpaired) electrons. The van der Waals surface area contributed by atoms with Gasteiger partial charge in [-0.05, 0) is 79.1 Å². The number of hydrogen-bond donors (Lipinski definition) is 4. The van der Waals surface area contributed by atoms with E-state index in [-0.39, 0.29) is 42.2 Å². The number of nitrogens with one attached hydrogen (secondary N) is 3. The number of hydrogen-bond acceptors (Lipinski definition) is 8. The maximum atomic E-state index is 14.2. The Morgan fingerprint density at radius 2 is 1.51 bits per heavy atom. The predicted molar refractivity (Wildman–Crippen MR) is 206 cm³/mol. The number of aryl methyl sites for hydroxylation is 2. The van der Waals surface area contributed by atoms with Crippen LogP contribution in [0.5, 0.6) is 11.5 Å². The van der Waals surface area contributed by atoms with E-state index in [0.717, 1.165) is 35.7 Å². The summed E-state index contributed by atoms with van der Waals surface area (Å²) in [7, 11) is -1.05. The van der Waals surface area contributed by atoms with E-state index in [9.17, 15) is 31.9 Å². The molecule has 1 unspecified atom stereocenters. The molecule has 0 saturated carbocycles. The lowest BCUT2D eigenvalue weighted by Gasteiger charge is -2.28. The van der Waals surface area contributed by atoms with Crippen LogP contribution in [0.25, 0.3) is 0 Å². The van der Waals surface area contributed by atoms with E-state index < -0.39 is 62.5 Å². The first kappa shape index (κ1) is 45.4. The molecule has 3 aromatic carbocycles. The van der Waals surface area contributed by atoms with Crippen LogP contribution in [-0.4, -0.2) is 75.3 Å². The highest BCUT2D eigenvalue weighted by Gasteiger charge is 2.34. The molecule has 0 aromatic heterocycles. The third-order valence-electron chi connectivity index (χ3n) is 8.93. The molecule has 53 heavy (non-hydrogen) atoms. The van der Waals surface area contributed by atoms with E-state index in [0.29, 0.717) is 43.5 Å². The lowest BCUT2D eigenvalue weighted by Crippen LogP contribution is -2.57. The molecule has 0 aliphatic heterocycles. The molecule has 0 aliphatic rings. The molecule has 0 bridgehead atoms. The monoisotopic (exact) mass is 781 g/mol. The van der Waals surface area contributed by atoms with Crippen molar-refractivity contribution in [2.24, 2.45) is 0 Å². The van der Waals surface area contributed by atoms with Crippen LogP contribution in [0, 0.1) is 18.6 Å². The largest absolute Gasteiger partial charge is 0.493 e. The van der Waals surface area contributed by atoms with E-state index in [2.05, 4.69) is 16.0 Å². The summed E-state index contributed by atoms with van der Waals surface area (Å²) in [5.41, 5.74) is 2.96. The number of ether oxygens (including phenoxy) is 2. The summed E-state index contributed by atoms with van der Waals surface area (Å²) in [5.74, 6) is -3.29. The molecule has 2 amide bonds. The Morgan fingerprint density at radius 1 is 0.868 bits per heavy atom. The molecule has 0 aliphatic carbocycles. The lowest BCUT2D eigenvalue weighted by atomic mass is 10.00. The number of amides is 2. The van der Waals surface area contributed by atoms with Crippen molar-refractivity contribution in [2.75, 3.05) is 26.5 Å². The van der Waals surface area contributed by atoms with E-state index in [1.54, 1.807) is 6.92 Å². The molecule has 3 atom stereocenters. The van der Waals surface area contributed by atoms with Gasteiger partial charge >= 0.3 is 0 Å². The minimum absolute atomic E-state index is 0. The Bertz CT molecular complexity index is 1740. The number of carbonyl (C=O) groups is 2. The maximum absolute atomic E-state index is 14.2. The molecule has 0 saturated heterocycles. The van der Waals surface area contributed by atoms with Crippen LogP contribution in [0.3, 0.4) is 0 Å². The minimum Gasteiger partial charge on any atom is -0.493 e. The highest BCUT2D eigenvalue weighted by atomic mass is 35.5. The summed E-state index contributed by atoms with van der Waals surface area (Å²) in [5, 5.41) is 19.1. The number of methoxy groups -OCH3 is 2. The Balaban J connectivity index is 0.00000972. The zero-order valence-corrected chi connectivity index (χ0v) is 33.0. The first-order valence-corrected chi connectivity index (χ1v) is 19.4. The maximum Gasteiger partial charge on any atom is 0.252 e. The smallest absolute Gasteiger partial charge is 0.252 e. The van der Waals surface area contributed by atoms with Crippen LogP contribution in [0.2, 0.25) is 0 Å². The fourth-order valence-electron chi connectivity index (χ4n) is 6.24. The number of aliphatic hydroxyl groups is 1. The number of benzene rings is 3. The highest BCUT2D eigenvalue weighted by Crippen LogP contribution is 2.32. The van der Waals surface area contributed by atoms with Crippen molar-refractivity contribution < 1.29 is 41.4 Å². The van der Waals surface area contributed by atoms with E-state index in [4.69, 9.17) is 9.47 Å². The molecule has 14 heteroatoms. The number of halogens is 3. The molecule has 10 nitrogen and oxygen atoms in total. The Kier molecular flexibility index (Phi) is 18.7. The van der Waals surface area contributed by atoms with Gasteiger partial charge in [0.2, 0.25) is 5.91 Å². The molecule has 0 spiro atoms. The van der Waals surface area contributed by atoms with Crippen molar-refractivity contribution in [2.45, 2.75) is 96.2 Å².